The van der Waals surface area contributed by atoms with Gasteiger partial charge in [0.25, 0.3) is 0 Å². The van der Waals surface area contributed by atoms with Gasteiger partial charge in [-0.3, -0.25) is 0 Å². The Bertz CT molecular complexity index is 3520. The summed E-state index contributed by atoms with van der Waals surface area (Å²) in [5.74, 6) is 0. The number of fused-ring (bicyclic) bond motifs is 13. The van der Waals surface area contributed by atoms with Crippen LogP contribution in [0.3, 0.4) is 0 Å². The summed E-state index contributed by atoms with van der Waals surface area (Å²) in [6.07, 6.45) is 0. The molecule has 13 rings (SSSR count). The quantitative estimate of drug-likeness (QED) is 0.159. The number of nitrogens with zero attached hydrogens (tertiary/aromatic N) is 3. The van der Waals surface area contributed by atoms with Crippen LogP contribution in [0.25, 0.3) is 49.7 Å². The molecule has 1 heterocycles. The summed E-state index contributed by atoms with van der Waals surface area (Å²) in [5.41, 5.74) is 19.8. The fourth-order valence-corrected chi connectivity index (χ4v) is 11.1. The number of aromatic nitrogens is 1. The number of para-hydroxylation sites is 5. The zero-order valence-corrected chi connectivity index (χ0v) is 35.0. The van der Waals surface area contributed by atoms with Crippen LogP contribution in [0.5, 0.6) is 0 Å². The summed E-state index contributed by atoms with van der Waals surface area (Å²) in [5, 5.41) is 2.47. The highest BCUT2D eigenvalue weighted by Gasteiger charge is 2.54. The van der Waals surface area contributed by atoms with E-state index >= 15 is 0 Å². The van der Waals surface area contributed by atoms with Gasteiger partial charge in [-0.25, -0.2) is 0 Å². The Kier molecular flexibility index (Phi) is 8.13. The van der Waals surface area contributed by atoms with Gasteiger partial charge in [0, 0.05) is 50.3 Å². The van der Waals surface area contributed by atoms with E-state index in [9.17, 15) is 0 Å². The summed E-state index contributed by atoms with van der Waals surface area (Å²) in [7, 11) is 0. The highest BCUT2D eigenvalue weighted by atomic mass is 15.2. The number of hydrogen-bond acceptors (Lipinski definition) is 2. The van der Waals surface area contributed by atoms with E-state index in [1.165, 1.54) is 72.0 Å². The Labute approximate surface area is 373 Å². The lowest BCUT2D eigenvalue weighted by atomic mass is 9.70. The largest absolute Gasteiger partial charge is 0.310 e. The molecule has 1 spiro atoms. The highest BCUT2D eigenvalue weighted by Crippen LogP contribution is 2.67. The van der Waals surface area contributed by atoms with Crippen molar-refractivity contribution in [3.63, 3.8) is 0 Å². The van der Waals surface area contributed by atoms with Crippen molar-refractivity contribution in [2.75, 3.05) is 9.80 Å². The molecule has 3 heteroatoms. The fraction of sp³-hybridized carbons (Fsp3) is 0.0164. The van der Waals surface area contributed by atoms with Crippen molar-refractivity contribution < 1.29 is 0 Å². The maximum atomic E-state index is 2.48. The van der Waals surface area contributed by atoms with Crippen molar-refractivity contribution in [3.05, 3.63) is 271 Å². The molecule has 11 aromatic rings. The van der Waals surface area contributed by atoms with Crippen molar-refractivity contribution in [1.82, 2.24) is 4.57 Å². The molecule has 0 amide bonds. The van der Waals surface area contributed by atoms with E-state index in [1.807, 2.05) is 0 Å². The molecule has 0 saturated carbocycles. The van der Waals surface area contributed by atoms with Crippen molar-refractivity contribution >= 4 is 55.9 Å². The van der Waals surface area contributed by atoms with Gasteiger partial charge < -0.3 is 14.4 Å². The first-order chi connectivity index (χ1) is 31.8. The molecule has 0 radical (unpaired) electrons. The zero-order chi connectivity index (χ0) is 42.2. The van der Waals surface area contributed by atoms with Gasteiger partial charge in [-0.15, -0.1) is 0 Å². The molecule has 0 saturated heterocycles. The van der Waals surface area contributed by atoms with Gasteiger partial charge in [0.15, 0.2) is 0 Å². The monoisotopic (exact) mass is 815 g/mol. The van der Waals surface area contributed by atoms with E-state index < -0.39 is 5.41 Å². The van der Waals surface area contributed by atoms with Crippen LogP contribution in [-0.4, -0.2) is 4.57 Å². The van der Waals surface area contributed by atoms with Gasteiger partial charge in [-0.05, 0) is 112 Å². The molecule has 1 unspecified atom stereocenters. The van der Waals surface area contributed by atoms with Crippen LogP contribution in [0.2, 0.25) is 0 Å². The molecule has 64 heavy (non-hydrogen) atoms. The second kappa shape index (κ2) is 14.3. The Morgan fingerprint density at radius 2 is 0.797 bits per heavy atom. The molecule has 2 aliphatic carbocycles. The van der Waals surface area contributed by atoms with Gasteiger partial charge in [-0.2, -0.15) is 0 Å². The summed E-state index contributed by atoms with van der Waals surface area (Å²) < 4.78 is 2.41. The first kappa shape index (κ1) is 36.3. The van der Waals surface area contributed by atoms with Gasteiger partial charge in [0.1, 0.15) is 0 Å². The first-order valence-corrected chi connectivity index (χ1v) is 22.1. The summed E-state index contributed by atoms with van der Waals surface area (Å²) in [4.78, 5) is 4.93. The lowest BCUT2D eigenvalue weighted by Gasteiger charge is -2.36. The molecule has 0 aliphatic heterocycles. The third-order valence-electron chi connectivity index (χ3n) is 13.5. The SMILES string of the molecule is c1ccc(N(c2ccc3c4ccccc4n(-c4ccccc4)c3c2)c2cccc3c2-c2ccccc2C32c3ccccc3-c3cccc(N(c4ccccc4)c4ccccc4)c32)cc1. The van der Waals surface area contributed by atoms with E-state index in [0.29, 0.717) is 0 Å². The van der Waals surface area contributed by atoms with E-state index in [-0.39, 0.29) is 0 Å². The fourth-order valence-electron chi connectivity index (χ4n) is 11.1. The van der Waals surface area contributed by atoms with E-state index in [0.717, 1.165) is 34.1 Å². The average Bonchev–Trinajstić information content (AvgIpc) is 3.98. The van der Waals surface area contributed by atoms with E-state index in [4.69, 9.17) is 0 Å². The van der Waals surface area contributed by atoms with Crippen molar-refractivity contribution in [2.24, 2.45) is 0 Å². The van der Waals surface area contributed by atoms with Crippen LogP contribution in [-0.2, 0) is 5.41 Å². The molecule has 0 bridgehead atoms. The Hall–Kier alpha value is -8.40. The van der Waals surface area contributed by atoms with Crippen molar-refractivity contribution in [2.45, 2.75) is 5.41 Å². The highest BCUT2D eigenvalue weighted by molar-refractivity contribution is 6.11. The van der Waals surface area contributed by atoms with Gasteiger partial charge >= 0.3 is 0 Å². The van der Waals surface area contributed by atoms with Crippen LogP contribution in [0.1, 0.15) is 22.3 Å². The van der Waals surface area contributed by atoms with Crippen LogP contribution in [0, 0.1) is 0 Å². The normalized spacial score (nSPS) is 14.3. The Balaban J connectivity index is 1.11. The molecule has 2 aliphatic rings. The maximum Gasteiger partial charge on any atom is 0.0746 e. The van der Waals surface area contributed by atoms with Gasteiger partial charge in [0.05, 0.1) is 27.8 Å². The Morgan fingerprint density at radius 3 is 1.48 bits per heavy atom. The molecule has 1 atom stereocenters. The molecule has 0 fully saturated rings. The lowest BCUT2D eigenvalue weighted by molar-refractivity contribution is 0.793. The van der Waals surface area contributed by atoms with Crippen LogP contribution >= 0.6 is 0 Å². The van der Waals surface area contributed by atoms with Crippen LogP contribution in [0.15, 0.2) is 249 Å². The van der Waals surface area contributed by atoms with Crippen molar-refractivity contribution in [3.8, 4) is 27.9 Å². The number of hydrogen-bond donors (Lipinski definition) is 0. The second-order valence-corrected chi connectivity index (χ2v) is 16.8. The second-order valence-electron chi connectivity index (χ2n) is 16.8. The van der Waals surface area contributed by atoms with Gasteiger partial charge in [0.2, 0.25) is 0 Å². The number of rotatable bonds is 7. The standard InChI is InChI=1S/C61H41N3/c1-5-21-42(22-6-1)62(43-23-7-2-8-24-43)57-38-19-32-50-47-29-13-16-33-52(47)61(60(50)57)53-34-17-14-31-51(53)59-54(61)35-20-37-56(59)63(44-25-9-3-10-26-44)46-39-40-49-48-30-15-18-36-55(48)64(58(49)41-46)45-27-11-4-12-28-45/h1-41H. The molecule has 3 nitrogen and oxygen atoms in total. The van der Waals surface area contributed by atoms with Crippen LogP contribution in [0.4, 0.5) is 34.1 Å². The number of anilines is 6. The third kappa shape index (κ3) is 5.16. The Morgan fingerprint density at radius 1 is 0.312 bits per heavy atom. The number of benzene rings is 10. The minimum atomic E-state index is -0.613. The van der Waals surface area contributed by atoms with Gasteiger partial charge in [-0.1, -0.05) is 170 Å². The molecule has 10 aromatic carbocycles. The van der Waals surface area contributed by atoms with Crippen molar-refractivity contribution in [1.29, 1.82) is 0 Å². The zero-order valence-electron chi connectivity index (χ0n) is 35.0. The maximum absolute atomic E-state index is 2.48. The topological polar surface area (TPSA) is 11.4 Å². The minimum Gasteiger partial charge on any atom is -0.310 e. The molecule has 0 N–H and O–H groups in total. The third-order valence-corrected chi connectivity index (χ3v) is 13.5. The summed E-state index contributed by atoms with van der Waals surface area (Å²) >= 11 is 0. The van der Waals surface area contributed by atoms with E-state index in [2.05, 4.69) is 263 Å². The molecular weight excluding hydrogens is 775 g/mol. The van der Waals surface area contributed by atoms with Crippen LogP contribution < -0.4 is 9.80 Å². The average molecular weight is 816 g/mol. The predicted octanol–water partition coefficient (Wildman–Crippen LogP) is 16.1. The lowest BCUT2D eigenvalue weighted by Crippen LogP contribution is -2.28. The molecular formula is C61H41N3. The first-order valence-electron chi connectivity index (χ1n) is 22.1. The minimum absolute atomic E-state index is 0.613. The predicted molar refractivity (Wildman–Crippen MR) is 266 cm³/mol. The van der Waals surface area contributed by atoms with E-state index in [1.54, 1.807) is 0 Å². The summed E-state index contributed by atoms with van der Waals surface area (Å²) in [6, 6.07) is 91.3. The molecule has 300 valence electrons. The summed E-state index contributed by atoms with van der Waals surface area (Å²) in [6.45, 7) is 0. The molecule has 1 aromatic heterocycles. The smallest absolute Gasteiger partial charge is 0.0746 e.